The Morgan fingerprint density at radius 3 is 2.50 bits per heavy atom. The molecule has 7 heteroatoms. The van der Waals surface area contributed by atoms with E-state index < -0.39 is 10.0 Å². The number of pyridine rings is 1. The molecule has 0 aliphatic heterocycles. The fraction of sp³-hybridized carbons (Fsp3) is 0.120. The molecule has 1 heterocycles. The first-order valence-electron chi connectivity index (χ1n) is 10.3. The minimum Gasteiger partial charge on any atom is -0.326 e. The molecule has 1 amide bonds. The molecule has 2 atom stereocenters. The van der Waals surface area contributed by atoms with Gasteiger partial charge in [0.05, 0.1) is 4.90 Å². The molecule has 5 rings (SSSR count). The summed E-state index contributed by atoms with van der Waals surface area (Å²) < 4.78 is 27.9. The van der Waals surface area contributed by atoms with E-state index in [0.29, 0.717) is 6.42 Å². The van der Waals surface area contributed by atoms with E-state index >= 15 is 0 Å². The lowest BCUT2D eigenvalue weighted by Gasteiger charge is -2.09. The molecule has 1 aromatic heterocycles. The molecule has 0 saturated heterocycles. The number of rotatable bonds is 6. The number of carbonyl (C=O) groups excluding carboxylic acids is 1. The second-order valence-corrected chi connectivity index (χ2v) is 9.58. The molecule has 0 unspecified atom stereocenters. The topological polar surface area (TPSA) is 88.2 Å². The first kappa shape index (κ1) is 20.2. The van der Waals surface area contributed by atoms with Crippen molar-refractivity contribution in [2.75, 3.05) is 10.0 Å². The smallest absolute Gasteiger partial charge is 0.263 e. The predicted octanol–water partition coefficient (Wildman–Crippen LogP) is 4.78. The molecule has 0 bridgehead atoms. The molecule has 2 N–H and O–H groups in total. The number of sulfonamides is 1. The Balaban J connectivity index is 1.29. The molecule has 1 aliphatic rings. The third-order valence-corrected chi connectivity index (χ3v) is 7.00. The van der Waals surface area contributed by atoms with E-state index in [4.69, 9.17) is 0 Å². The first-order valence-corrected chi connectivity index (χ1v) is 11.8. The number of hydrogen-bond donors (Lipinski definition) is 2. The van der Waals surface area contributed by atoms with Crippen molar-refractivity contribution >= 4 is 38.2 Å². The monoisotopic (exact) mass is 443 g/mol. The Morgan fingerprint density at radius 1 is 0.875 bits per heavy atom. The number of nitrogens with zero attached hydrogens (tertiary/aromatic N) is 1. The van der Waals surface area contributed by atoms with Crippen LogP contribution in [0.1, 0.15) is 17.9 Å². The number of anilines is 2. The SMILES string of the molecule is O=C(Nc1ccc2ccccc2c1)[C@@H]1C[C@H]1c1cccc(S(=O)(=O)Nc2ccccn2)c1. The Labute approximate surface area is 186 Å². The zero-order chi connectivity index (χ0) is 22.1. The molecule has 6 nitrogen and oxygen atoms in total. The highest BCUT2D eigenvalue weighted by Crippen LogP contribution is 2.48. The second-order valence-electron chi connectivity index (χ2n) is 7.89. The van der Waals surface area contributed by atoms with Gasteiger partial charge in [0.25, 0.3) is 10.0 Å². The van der Waals surface area contributed by atoms with Gasteiger partial charge in [-0.05, 0) is 65.1 Å². The first-order chi connectivity index (χ1) is 15.5. The summed E-state index contributed by atoms with van der Waals surface area (Å²) in [6.07, 6.45) is 2.22. The van der Waals surface area contributed by atoms with Crippen molar-refractivity contribution in [3.63, 3.8) is 0 Å². The highest BCUT2D eigenvalue weighted by molar-refractivity contribution is 7.92. The van der Waals surface area contributed by atoms with Gasteiger partial charge in [-0.3, -0.25) is 9.52 Å². The Kier molecular flexibility index (Phi) is 5.11. The highest BCUT2D eigenvalue weighted by atomic mass is 32.2. The molecule has 4 aromatic rings. The van der Waals surface area contributed by atoms with Crippen LogP contribution in [0.25, 0.3) is 10.8 Å². The maximum atomic E-state index is 12.8. The normalized spacial score (nSPS) is 17.6. The zero-order valence-electron chi connectivity index (χ0n) is 17.1. The Morgan fingerprint density at radius 2 is 1.69 bits per heavy atom. The van der Waals surface area contributed by atoms with E-state index in [-0.39, 0.29) is 28.5 Å². The summed E-state index contributed by atoms with van der Waals surface area (Å²) in [5.74, 6) is 0.0331. The lowest BCUT2D eigenvalue weighted by molar-refractivity contribution is -0.117. The third kappa shape index (κ3) is 4.20. The highest BCUT2D eigenvalue weighted by Gasteiger charge is 2.44. The number of nitrogens with one attached hydrogen (secondary N) is 2. The molecule has 3 aromatic carbocycles. The molecule has 0 spiro atoms. The van der Waals surface area contributed by atoms with Crippen molar-refractivity contribution in [1.29, 1.82) is 0 Å². The van der Waals surface area contributed by atoms with Crippen molar-refractivity contribution in [3.8, 4) is 0 Å². The van der Waals surface area contributed by atoms with E-state index in [1.54, 1.807) is 36.4 Å². The summed E-state index contributed by atoms with van der Waals surface area (Å²) in [7, 11) is -3.76. The maximum Gasteiger partial charge on any atom is 0.263 e. The van der Waals surface area contributed by atoms with Crippen molar-refractivity contribution < 1.29 is 13.2 Å². The second kappa shape index (κ2) is 8.09. The number of carbonyl (C=O) groups is 1. The van der Waals surface area contributed by atoms with Crippen molar-refractivity contribution in [1.82, 2.24) is 4.98 Å². The standard InChI is InChI=1S/C25H21N3O3S/c29-25(27-20-12-11-17-6-1-2-7-18(17)14-20)23-16-22(23)19-8-5-9-21(15-19)32(30,31)28-24-10-3-4-13-26-24/h1-15,22-23H,16H2,(H,26,28)(H,27,29)/t22-,23+/m0/s1. The van der Waals surface area contributed by atoms with Crippen LogP contribution in [0.2, 0.25) is 0 Å². The molecule has 1 fully saturated rings. The number of amides is 1. The summed E-state index contributed by atoms with van der Waals surface area (Å²) in [5, 5.41) is 5.18. The van der Waals surface area contributed by atoms with Gasteiger partial charge < -0.3 is 5.32 Å². The van der Waals surface area contributed by atoms with E-state index in [1.807, 2.05) is 48.5 Å². The van der Waals surface area contributed by atoms with Gasteiger partial charge in [-0.2, -0.15) is 0 Å². The van der Waals surface area contributed by atoms with Gasteiger partial charge in [-0.15, -0.1) is 0 Å². The van der Waals surface area contributed by atoms with Crippen LogP contribution >= 0.6 is 0 Å². The Bertz CT molecular complexity index is 1400. The van der Waals surface area contributed by atoms with Gasteiger partial charge in [-0.1, -0.05) is 48.5 Å². The van der Waals surface area contributed by atoms with Gasteiger partial charge in [-0.25, -0.2) is 13.4 Å². The number of aromatic nitrogens is 1. The third-order valence-electron chi connectivity index (χ3n) is 5.64. The van der Waals surface area contributed by atoms with Crippen LogP contribution in [0.15, 0.2) is 96.0 Å². The summed E-state index contributed by atoms with van der Waals surface area (Å²) >= 11 is 0. The van der Waals surface area contributed by atoms with E-state index in [2.05, 4.69) is 15.0 Å². The molecular weight excluding hydrogens is 422 g/mol. The van der Waals surface area contributed by atoms with E-state index in [1.165, 1.54) is 6.20 Å². The van der Waals surface area contributed by atoms with Crippen LogP contribution in [0.3, 0.4) is 0 Å². The fourth-order valence-corrected chi connectivity index (χ4v) is 4.95. The molecule has 1 aliphatic carbocycles. The van der Waals surface area contributed by atoms with Gasteiger partial charge in [0.1, 0.15) is 5.82 Å². The average Bonchev–Trinajstić information content (AvgIpc) is 3.61. The summed E-state index contributed by atoms with van der Waals surface area (Å²) in [5.41, 5.74) is 1.60. The average molecular weight is 444 g/mol. The molecule has 160 valence electrons. The zero-order valence-corrected chi connectivity index (χ0v) is 17.9. The molecule has 32 heavy (non-hydrogen) atoms. The minimum absolute atomic E-state index is 0.000423. The fourth-order valence-electron chi connectivity index (χ4n) is 3.89. The largest absolute Gasteiger partial charge is 0.326 e. The van der Waals surface area contributed by atoms with Crippen LogP contribution in [-0.2, 0) is 14.8 Å². The van der Waals surface area contributed by atoms with Gasteiger partial charge >= 0.3 is 0 Å². The number of hydrogen-bond acceptors (Lipinski definition) is 4. The molecular formula is C25H21N3O3S. The molecule has 0 radical (unpaired) electrons. The number of fused-ring (bicyclic) bond motifs is 1. The van der Waals surface area contributed by atoms with Crippen molar-refractivity contribution in [3.05, 3.63) is 96.7 Å². The lowest BCUT2D eigenvalue weighted by Crippen LogP contribution is -2.15. The van der Waals surface area contributed by atoms with Crippen LogP contribution in [0.5, 0.6) is 0 Å². The quantitative estimate of drug-likeness (QED) is 0.449. The van der Waals surface area contributed by atoms with Gasteiger partial charge in [0.2, 0.25) is 5.91 Å². The maximum absolute atomic E-state index is 12.8. The van der Waals surface area contributed by atoms with Crippen LogP contribution in [0, 0.1) is 5.92 Å². The summed E-state index contributed by atoms with van der Waals surface area (Å²) in [6.45, 7) is 0. The van der Waals surface area contributed by atoms with Crippen molar-refractivity contribution in [2.24, 2.45) is 5.92 Å². The van der Waals surface area contributed by atoms with Crippen LogP contribution in [-0.4, -0.2) is 19.3 Å². The van der Waals surface area contributed by atoms with E-state index in [9.17, 15) is 13.2 Å². The summed E-state index contributed by atoms with van der Waals surface area (Å²) in [4.78, 5) is 16.9. The van der Waals surface area contributed by atoms with Gasteiger partial charge in [0.15, 0.2) is 0 Å². The Hall–Kier alpha value is -3.71. The summed E-state index contributed by atoms with van der Waals surface area (Å²) in [6, 6.07) is 25.6. The number of benzene rings is 3. The molecule has 1 saturated carbocycles. The lowest BCUT2D eigenvalue weighted by atomic mass is 10.1. The van der Waals surface area contributed by atoms with Crippen LogP contribution < -0.4 is 10.0 Å². The predicted molar refractivity (Wildman–Crippen MR) is 125 cm³/mol. The van der Waals surface area contributed by atoms with Crippen molar-refractivity contribution in [2.45, 2.75) is 17.2 Å². The van der Waals surface area contributed by atoms with Gasteiger partial charge in [0, 0.05) is 17.8 Å². The van der Waals surface area contributed by atoms with Crippen LogP contribution in [0.4, 0.5) is 11.5 Å². The van der Waals surface area contributed by atoms with E-state index in [0.717, 1.165) is 22.0 Å². The minimum atomic E-state index is -3.76.